The number of thioether (sulfide) groups is 1. The van der Waals surface area contributed by atoms with E-state index in [0.717, 1.165) is 0 Å². The molecule has 20 heavy (non-hydrogen) atoms. The van der Waals surface area contributed by atoms with Gasteiger partial charge in [0.2, 0.25) is 0 Å². The minimum atomic E-state index is -1.03. The molecule has 102 valence electrons. The molecule has 0 atom stereocenters. The first-order valence-electron chi connectivity index (χ1n) is 5.73. The van der Waals surface area contributed by atoms with Gasteiger partial charge in [-0.2, -0.15) is 0 Å². The fraction of sp³-hybridized carbons (Fsp3) is 0.0714. The lowest BCUT2D eigenvalue weighted by molar-refractivity contribution is -0.121. The van der Waals surface area contributed by atoms with Gasteiger partial charge in [0.1, 0.15) is 4.32 Å². The number of thiocarbonyl (C=S) groups is 1. The molecule has 0 bridgehead atoms. The van der Waals surface area contributed by atoms with Crippen LogP contribution in [0.4, 0.5) is 0 Å². The van der Waals surface area contributed by atoms with E-state index < -0.39 is 5.97 Å². The van der Waals surface area contributed by atoms with Crippen LogP contribution >= 0.6 is 24.0 Å². The molecule has 1 heterocycles. The Labute approximate surface area is 125 Å². The molecule has 1 N–H and O–H groups in total. The van der Waals surface area contributed by atoms with Crippen LogP contribution in [-0.4, -0.2) is 32.7 Å². The molecule has 1 aliphatic rings. The van der Waals surface area contributed by atoms with Gasteiger partial charge in [0.05, 0.1) is 10.5 Å². The average molecular weight is 305 g/mol. The van der Waals surface area contributed by atoms with Gasteiger partial charge in [0.25, 0.3) is 5.91 Å². The van der Waals surface area contributed by atoms with Crippen molar-refractivity contribution in [2.24, 2.45) is 0 Å². The van der Waals surface area contributed by atoms with Gasteiger partial charge in [-0.15, -0.1) is 6.58 Å². The van der Waals surface area contributed by atoms with Crippen LogP contribution in [0.25, 0.3) is 6.08 Å². The van der Waals surface area contributed by atoms with Gasteiger partial charge in [-0.3, -0.25) is 9.69 Å². The Hall–Kier alpha value is -1.92. The first kappa shape index (κ1) is 14.5. The number of hydrogen-bond donors (Lipinski definition) is 1. The highest BCUT2D eigenvalue weighted by atomic mass is 32.2. The monoisotopic (exact) mass is 305 g/mol. The van der Waals surface area contributed by atoms with Crippen molar-refractivity contribution in [3.05, 3.63) is 53.0 Å². The standard InChI is InChI=1S/C14H11NO3S2/c1-2-7-15-12(16)11(20-14(15)19)8-9-5-3-4-6-10(9)13(17)18/h2-6,8H,1,7H2,(H,17,18)/b11-8-. The average Bonchev–Trinajstić information content (AvgIpc) is 2.67. The molecule has 2 rings (SSSR count). The summed E-state index contributed by atoms with van der Waals surface area (Å²) in [5.74, 6) is -1.25. The van der Waals surface area contributed by atoms with Gasteiger partial charge < -0.3 is 5.11 Å². The summed E-state index contributed by atoms with van der Waals surface area (Å²) < 4.78 is 0.453. The predicted octanol–water partition coefficient (Wildman–Crippen LogP) is 2.77. The fourth-order valence-electron chi connectivity index (χ4n) is 1.75. The molecule has 1 amide bonds. The molecule has 1 fully saturated rings. The summed E-state index contributed by atoms with van der Waals surface area (Å²) in [6, 6.07) is 6.52. The third-order valence-electron chi connectivity index (χ3n) is 2.66. The van der Waals surface area contributed by atoms with Crippen molar-refractivity contribution < 1.29 is 14.7 Å². The summed E-state index contributed by atoms with van der Waals surface area (Å²) in [5, 5.41) is 9.12. The number of hydrogen-bond acceptors (Lipinski definition) is 4. The number of carbonyl (C=O) groups excluding carboxylic acids is 1. The highest BCUT2D eigenvalue weighted by molar-refractivity contribution is 8.26. The minimum Gasteiger partial charge on any atom is -0.478 e. The number of carboxylic acids is 1. The lowest BCUT2D eigenvalue weighted by atomic mass is 10.1. The molecule has 0 aromatic heterocycles. The maximum absolute atomic E-state index is 12.1. The zero-order valence-electron chi connectivity index (χ0n) is 10.4. The van der Waals surface area contributed by atoms with Crippen LogP contribution < -0.4 is 0 Å². The first-order chi connectivity index (χ1) is 9.54. The smallest absolute Gasteiger partial charge is 0.336 e. The number of benzene rings is 1. The lowest BCUT2D eigenvalue weighted by Crippen LogP contribution is -2.27. The zero-order valence-corrected chi connectivity index (χ0v) is 12.0. The topological polar surface area (TPSA) is 57.6 Å². The molecule has 0 aliphatic carbocycles. The first-order valence-corrected chi connectivity index (χ1v) is 6.95. The number of carbonyl (C=O) groups is 2. The SMILES string of the molecule is C=CCN1C(=O)/C(=C/c2ccccc2C(=O)O)SC1=S. The van der Waals surface area contributed by atoms with Crippen LogP contribution in [0.5, 0.6) is 0 Å². The van der Waals surface area contributed by atoms with Crippen molar-refractivity contribution in [3.63, 3.8) is 0 Å². The third kappa shape index (κ3) is 2.81. The van der Waals surface area contributed by atoms with Crippen molar-refractivity contribution in [2.45, 2.75) is 0 Å². The third-order valence-corrected chi connectivity index (χ3v) is 4.04. The Morgan fingerprint density at radius 1 is 1.45 bits per heavy atom. The molecule has 1 aromatic carbocycles. The number of carboxylic acid groups (broad SMARTS) is 1. The van der Waals surface area contributed by atoms with Gasteiger partial charge in [0, 0.05) is 6.54 Å². The van der Waals surface area contributed by atoms with Crippen LogP contribution in [-0.2, 0) is 4.79 Å². The fourth-order valence-corrected chi connectivity index (χ4v) is 3.01. The van der Waals surface area contributed by atoms with E-state index >= 15 is 0 Å². The summed E-state index contributed by atoms with van der Waals surface area (Å²) in [6.45, 7) is 3.93. The second-order valence-corrected chi connectivity index (χ2v) is 5.65. The molecule has 0 unspecified atom stereocenters. The Bertz CT molecular complexity index is 637. The molecular weight excluding hydrogens is 294 g/mol. The Kier molecular flexibility index (Phi) is 4.36. The maximum atomic E-state index is 12.1. The largest absolute Gasteiger partial charge is 0.478 e. The van der Waals surface area contributed by atoms with Crippen LogP contribution in [0.2, 0.25) is 0 Å². The molecule has 4 nitrogen and oxygen atoms in total. The Morgan fingerprint density at radius 3 is 2.80 bits per heavy atom. The molecule has 1 aromatic rings. The van der Waals surface area contributed by atoms with E-state index in [0.29, 0.717) is 21.3 Å². The number of aromatic carboxylic acids is 1. The van der Waals surface area contributed by atoms with E-state index in [4.69, 9.17) is 17.3 Å². The van der Waals surface area contributed by atoms with E-state index in [9.17, 15) is 9.59 Å². The van der Waals surface area contributed by atoms with Gasteiger partial charge in [-0.25, -0.2) is 4.79 Å². The van der Waals surface area contributed by atoms with E-state index in [-0.39, 0.29) is 11.5 Å². The number of nitrogens with zero attached hydrogens (tertiary/aromatic N) is 1. The number of rotatable bonds is 4. The van der Waals surface area contributed by atoms with Gasteiger partial charge >= 0.3 is 5.97 Å². The van der Waals surface area contributed by atoms with E-state index in [1.807, 2.05) is 0 Å². The molecule has 0 radical (unpaired) electrons. The minimum absolute atomic E-state index is 0.154. The van der Waals surface area contributed by atoms with Crippen molar-refractivity contribution >= 4 is 46.3 Å². The van der Waals surface area contributed by atoms with E-state index in [1.54, 1.807) is 30.4 Å². The van der Waals surface area contributed by atoms with Gasteiger partial charge in [0.15, 0.2) is 0 Å². The van der Waals surface area contributed by atoms with Crippen molar-refractivity contribution in [3.8, 4) is 0 Å². The maximum Gasteiger partial charge on any atom is 0.336 e. The van der Waals surface area contributed by atoms with Gasteiger partial charge in [-0.1, -0.05) is 48.3 Å². The van der Waals surface area contributed by atoms with E-state index in [1.165, 1.54) is 22.7 Å². The molecule has 6 heteroatoms. The van der Waals surface area contributed by atoms with Crippen LogP contribution in [0.1, 0.15) is 15.9 Å². The molecule has 0 saturated carbocycles. The number of amides is 1. The lowest BCUT2D eigenvalue weighted by Gasteiger charge is -2.10. The molecule has 1 saturated heterocycles. The highest BCUT2D eigenvalue weighted by Gasteiger charge is 2.31. The van der Waals surface area contributed by atoms with Crippen molar-refractivity contribution in [1.29, 1.82) is 0 Å². The second-order valence-electron chi connectivity index (χ2n) is 3.97. The van der Waals surface area contributed by atoms with Crippen LogP contribution in [0.3, 0.4) is 0 Å². The Morgan fingerprint density at radius 2 is 2.15 bits per heavy atom. The van der Waals surface area contributed by atoms with Gasteiger partial charge in [-0.05, 0) is 17.7 Å². The summed E-state index contributed by atoms with van der Waals surface area (Å²) in [7, 11) is 0. The normalized spacial score (nSPS) is 16.8. The summed E-state index contributed by atoms with van der Waals surface area (Å²) >= 11 is 6.29. The summed E-state index contributed by atoms with van der Waals surface area (Å²) in [4.78, 5) is 25.1. The second kappa shape index (κ2) is 6.02. The molecular formula is C14H11NO3S2. The van der Waals surface area contributed by atoms with Crippen molar-refractivity contribution in [1.82, 2.24) is 4.90 Å². The van der Waals surface area contributed by atoms with Crippen molar-refractivity contribution in [2.75, 3.05) is 6.54 Å². The van der Waals surface area contributed by atoms with Crippen LogP contribution in [0.15, 0.2) is 41.8 Å². The highest BCUT2D eigenvalue weighted by Crippen LogP contribution is 2.32. The summed E-state index contributed by atoms with van der Waals surface area (Å²) in [5.41, 5.74) is 0.639. The quantitative estimate of drug-likeness (QED) is 0.526. The predicted molar refractivity (Wildman–Crippen MR) is 83.5 cm³/mol. The summed E-state index contributed by atoms with van der Waals surface area (Å²) in [6.07, 6.45) is 3.16. The molecule has 1 aliphatic heterocycles. The zero-order chi connectivity index (χ0) is 14.7. The molecule has 0 spiro atoms. The Balaban J connectivity index is 2.38. The van der Waals surface area contributed by atoms with E-state index in [2.05, 4.69) is 6.58 Å². The van der Waals surface area contributed by atoms with Crippen LogP contribution in [0, 0.1) is 0 Å².